The van der Waals surface area contributed by atoms with Gasteiger partial charge in [0.2, 0.25) is 0 Å². The van der Waals surface area contributed by atoms with Gasteiger partial charge in [0.25, 0.3) is 0 Å². The molecule has 2 aromatic heterocycles. The topological polar surface area (TPSA) is 47.5 Å². The van der Waals surface area contributed by atoms with Crippen molar-refractivity contribution in [2.75, 3.05) is 20.2 Å². The molecule has 20 heavy (non-hydrogen) atoms. The number of fused-ring (bicyclic) bond motifs is 2. The third-order valence-electron chi connectivity index (χ3n) is 4.27. The Kier molecular flexibility index (Phi) is 2.70. The normalized spacial score (nSPS) is 17.1. The highest BCUT2D eigenvalue weighted by molar-refractivity contribution is 6.04. The molecule has 0 bridgehead atoms. The first kappa shape index (κ1) is 11.9. The summed E-state index contributed by atoms with van der Waals surface area (Å²) in [5.41, 5.74) is 3.05. The maximum atomic E-state index is 5.78. The zero-order valence-electron chi connectivity index (χ0n) is 11.4. The van der Waals surface area contributed by atoms with Gasteiger partial charge in [-0.25, -0.2) is 0 Å². The lowest BCUT2D eigenvalue weighted by Crippen LogP contribution is -2.26. The molecule has 0 atom stereocenters. The molecular formula is C16H17NO3. The summed E-state index contributed by atoms with van der Waals surface area (Å²) in [6, 6.07) is 3.98. The van der Waals surface area contributed by atoms with Crippen LogP contribution in [0.4, 0.5) is 0 Å². The second-order valence-corrected chi connectivity index (χ2v) is 5.30. The van der Waals surface area contributed by atoms with Gasteiger partial charge in [-0.2, -0.15) is 0 Å². The van der Waals surface area contributed by atoms with E-state index in [0.29, 0.717) is 5.92 Å². The Bertz CT molecular complexity index is 698. The predicted octanol–water partition coefficient (Wildman–Crippen LogP) is 3.65. The number of ether oxygens (including phenoxy) is 1. The van der Waals surface area contributed by atoms with E-state index in [0.717, 1.165) is 53.6 Å². The molecule has 4 heteroatoms. The molecule has 0 amide bonds. The van der Waals surface area contributed by atoms with Crippen LogP contribution in [0.2, 0.25) is 0 Å². The summed E-state index contributed by atoms with van der Waals surface area (Å²) in [6.45, 7) is 2.11. The standard InChI is InChI=1S/C16H17NO3/c1-18-15-12-5-9-19-14(12)13(10-2-6-17-7-3-10)11-4-8-20-16(11)15/h4-5,8-10,17H,2-3,6-7H2,1H3. The highest BCUT2D eigenvalue weighted by Gasteiger charge is 2.25. The Morgan fingerprint density at radius 1 is 1.05 bits per heavy atom. The Hall–Kier alpha value is -1.94. The average Bonchev–Trinajstić information content (AvgIpc) is 3.14. The Morgan fingerprint density at radius 3 is 2.50 bits per heavy atom. The van der Waals surface area contributed by atoms with E-state index >= 15 is 0 Å². The third kappa shape index (κ3) is 1.58. The van der Waals surface area contributed by atoms with Gasteiger partial charge in [0, 0.05) is 10.9 Å². The minimum atomic E-state index is 0.510. The summed E-state index contributed by atoms with van der Waals surface area (Å²) in [5, 5.41) is 5.54. The predicted molar refractivity (Wildman–Crippen MR) is 77.4 cm³/mol. The van der Waals surface area contributed by atoms with Crippen LogP contribution < -0.4 is 10.1 Å². The van der Waals surface area contributed by atoms with Crippen LogP contribution in [0.1, 0.15) is 24.3 Å². The molecule has 3 aromatic rings. The van der Waals surface area contributed by atoms with Gasteiger partial charge in [-0.05, 0) is 44.0 Å². The van der Waals surface area contributed by atoms with Crippen molar-refractivity contribution in [3.63, 3.8) is 0 Å². The van der Waals surface area contributed by atoms with Crippen LogP contribution >= 0.6 is 0 Å². The van der Waals surface area contributed by atoms with Gasteiger partial charge in [0.1, 0.15) is 5.58 Å². The van der Waals surface area contributed by atoms with Crippen LogP contribution in [0.3, 0.4) is 0 Å². The molecule has 1 aromatic carbocycles. The zero-order chi connectivity index (χ0) is 13.5. The highest BCUT2D eigenvalue weighted by Crippen LogP contribution is 2.44. The van der Waals surface area contributed by atoms with Crippen molar-refractivity contribution < 1.29 is 13.6 Å². The molecule has 0 unspecified atom stereocenters. The molecule has 0 aliphatic carbocycles. The number of methoxy groups -OCH3 is 1. The summed E-state index contributed by atoms with van der Waals surface area (Å²) in [5.74, 6) is 1.28. The number of hydrogen-bond donors (Lipinski definition) is 1. The molecule has 1 N–H and O–H groups in total. The van der Waals surface area contributed by atoms with Crippen molar-refractivity contribution in [1.29, 1.82) is 0 Å². The Balaban J connectivity index is 2.05. The van der Waals surface area contributed by atoms with E-state index in [4.69, 9.17) is 13.6 Å². The summed E-state index contributed by atoms with van der Waals surface area (Å²) in [4.78, 5) is 0. The summed E-state index contributed by atoms with van der Waals surface area (Å²) < 4.78 is 17.0. The first-order valence-electron chi connectivity index (χ1n) is 7.05. The molecular weight excluding hydrogens is 254 g/mol. The van der Waals surface area contributed by atoms with Crippen LogP contribution in [0.25, 0.3) is 21.9 Å². The quantitative estimate of drug-likeness (QED) is 0.772. The number of furan rings is 2. The van der Waals surface area contributed by atoms with E-state index in [9.17, 15) is 0 Å². The van der Waals surface area contributed by atoms with Crippen molar-refractivity contribution in [3.8, 4) is 5.75 Å². The molecule has 1 aliphatic heterocycles. The van der Waals surface area contributed by atoms with Crippen LogP contribution in [0, 0.1) is 0 Å². The number of hydrogen-bond acceptors (Lipinski definition) is 4. The van der Waals surface area contributed by atoms with Gasteiger partial charge in [0.05, 0.1) is 25.0 Å². The SMILES string of the molecule is COc1c2ccoc2c(C2CCNCC2)c2ccoc12. The molecule has 4 nitrogen and oxygen atoms in total. The Labute approximate surface area is 116 Å². The smallest absolute Gasteiger partial charge is 0.176 e. The lowest BCUT2D eigenvalue weighted by Gasteiger charge is -2.24. The van der Waals surface area contributed by atoms with Gasteiger partial charge in [-0.1, -0.05) is 0 Å². The van der Waals surface area contributed by atoms with E-state index < -0.39 is 0 Å². The van der Waals surface area contributed by atoms with Crippen molar-refractivity contribution in [2.24, 2.45) is 0 Å². The van der Waals surface area contributed by atoms with E-state index in [1.807, 2.05) is 12.1 Å². The molecule has 0 saturated carbocycles. The molecule has 3 heterocycles. The van der Waals surface area contributed by atoms with Crippen LogP contribution in [0.5, 0.6) is 5.75 Å². The van der Waals surface area contributed by atoms with Gasteiger partial charge < -0.3 is 18.9 Å². The number of piperidine rings is 1. The minimum Gasteiger partial charge on any atom is -0.492 e. The lowest BCUT2D eigenvalue weighted by atomic mass is 9.87. The van der Waals surface area contributed by atoms with E-state index in [-0.39, 0.29) is 0 Å². The third-order valence-corrected chi connectivity index (χ3v) is 4.27. The van der Waals surface area contributed by atoms with Crippen molar-refractivity contribution in [2.45, 2.75) is 18.8 Å². The first-order valence-corrected chi connectivity index (χ1v) is 7.05. The van der Waals surface area contributed by atoms with E-state index in [2.05, 4.69) is 5.32 Å². The Morgan fingerprint density at radius 2 is 1.75 bits per heavy atom. The number of nitrogens with one attached hydrogen (secondary N) is 1. The largest absolute Gasteiger partial charge is 0.492 e. The van der Waals surface area contributed by atoms with Crippen LogP contribution in [-0.2, 0) is 0 Å². The van der Waals surface area contributed by atoms with Gasteiger partial charge in [-0.15, -0.1) is 0 Å². The van der Waals surface area contributed by atoms with Crippen LogP contribution in [0.15, 0.2) is 33.5 Å². The van der Waals surface area contributed by atoms with Gasteiger partial charge >= 0.3 is 0 Å². The zero-order valence-corrected chi connectivity index (χ0v) is 11.4. The average molecular weight is 271 g/mol. The van der Waals surface area contributed by atoms with Crippen molar-refractivity contribution >= 4 is 21.9 Å². The van der Waals surface area contributed by atoms with E-state index in [1.165, 1.54) is 5.56 Å². The lowest BCUT2D eigenvalue weighted by molar-refractivity contribution is 0.414. The fourth-order valence-electron chi connectivity index (χ4n) is 3.36. The molecule has 1 saturated heterocycles. The maximum absolute atomic E-state index is 5.78. The number of benzene rings is 1. The van der Waals surface area contributed by atoms with Crippen molar-refractivity contribution in [1.82, 2.24) is 5.32 Å². The van der Waals surface area contributed by atoms with E-state index in [1.54, 1.807) is 19.6 Å². The van der Waals surface area contributed by atoms with Crippen LogP contribution in [-0.4, -0.2) is 20.2 Å². The molecule has 1 aliphatic rings. The fraction of sp³-hybridized carbons (Fsp3) is 0.375. The minimum absolute atomic E-state index is 0.510. The summed E-state index contributed by atoms with van der Waals surface area (Å²) >= 11 is 0. The summed E-state index contributed by atoms with van der Waals surface area (Å²) in [7, 11) is 1.67. The van der Waals surface area contributed by atoms with Gasteiger partial charge in [-0.3, -0.25) is 0 Å². The highest BCUT2D eigenvalue weighted by atomic mass is 16.5. The fourth-order valence-corrected chi connectivity index (χ4v) is 3.36. The second-order valence-electron chi connectivity index (χ2n) is 5.30. The molecule has 0 spiro atoms. The number of rotatable bonds is 2. The first-order chi connectivity index (χ1) is 9.90. The monoisotopic (exact) mass is 271 g/mol. The molecule has 0 radical (unpaired) electrons. The van der Waals surface area contributed by atoms with Crippen molar-refractivity contribution in [3.05, 3.63) is 30.2 Å². The van der Waals surface area contributed by atoms with Gasteiger partial charge in [0.15, 0.2) is 11.3 Å². The molecule has 1 fully saturated rings. The molecule has 4 rings (SSSR count). The maximum Gasteiger partial charge on any atom is 0.176 e. The second kappa shape index (κ2) is 4.56. The molecule has 104 valence electrons. The summed E-state index contributed by atoms with van der Waals surface area (Å²) in [6.07, 6.45) is 5.72.